The zero-order valence-electron chi connectivity index (χ0n) is 10.3. The lowest BCUT2D eigenvalue weighted by atomic mass is 9.68. The number of aliphatic hydroxyl groups is 1. The number of ether oxygens (including phenoxy) is 1. The highest BCUT2D eigenvalue weighted by atomic mass is 16.5. The largest absolute Gasteiger partial charge is 0.392 e. The molecule has 0 aromatic carbocycles. The first-order chi connectivity index (χ1) is 7.66. The van der Waals surface area contributed by atoms with Crippen molar-refractivity contribution in [3.05, 3.63) is 0 Å². The second kappa shape index (κ2) is 5.03. The third kappa shape index (κ3) is 2.41. The maximum atomic E-state index is 10.2. The van der Waals surface area contributed by atoms with Crippen LogP contribution in [0, 0.1) is 5.41 Å². The van der Waals surface area contributed by atoms with Crippen molar-refractivity contribution in [2.45, 2.75) is 70.2 Å². The molecule has 94 valence electrons. The molecule has 1 aliphatic carbocycles. The molecular weight excluding hydrogens is 202 g/mol. The highest BCUT2D eigenvalue weighted by Gasteiger charge is 2.41. The Labute approximate surface area is 98.4 Å². The van der Waals surface area contributed by atoms with Crippen LogP contribution in [0.4, 0.5) is 0 Å². The first-order valence-electron chi connectivity index (χ1n) is 6.70. The van der Waals surface area contributed by atoms with Gasteiger partial charge in [-0.25, -0.2) is 0 Å². The van der Waals surface area contributed by atoms with Gasteiger partial charge < -0.3 is 15.6 Å². The van der Waals surface area contributed by atoms with Crippen molar-refractivity contribution in [2.24, 2.45) is 11.1 Å². The third-order valence-corrected chi connectivity index (χ3v) is 4.47. The number of rotatable bonds is 3. The van der Waals surface area contributed by atoms with E-state index in [1.165, 1.54) is 6.42 Å². The fourth-order valence-corrected chi connectivity index (χ4v) is 3.34. The first-order valence-corrected chi connectivity index (χ1v) is 6.70. The highest BCUT2D eigenvalue weighted by molar-refractivity contribution is 4.93. The van der Waals surface area contributed by atoms with Crippen molar-refractivity contribution in [3.63, 3.8) is 0 Å². The first kappa shape index (κ1) is 12.3. The zero-order valence-corrected chi connectivity index (χ0v) is 10.3. The molecule has 2 rings (SSSR count). The minimum Gasteiger partial charge on any atom is -0.392 e. The van der Waals surface area contributed by atoms with Crippen molar-refractivity contribution in [3.8, 4) is 0 Å². The molecule has 1 saturated carbocycles. The van der Waals surface area contributed by atoms with Gasteiger partial charge in [0.05, 0.1) is 18.3 Å². The van der Waals surface area contributed by atoms with Gasteiger partial charge >= 0.3 is 0 Å². The Hall–Kier alpha value is -0.120. The van der Waals surface area contributed by atoms with Gasteiger partial charge in [-0.15, -0.1) is 0 Å². The molecule has 0 amide bonds. The molecule has 4 atom stereocenters. The van der Waals surface area contributed by atoms with Crippen molar-refractivity contribution in [1.82, 2.24) is 0 Å². The minimum atomic E-state index is -0.217. The van der Waals surface area contributed by atoms with E-state index in [1.54, 1.807) is 0 Å². The van der Waals surface area contributed by atoms with Crippen LogP contribution in [0.15, 0.2) is 0 Å². The molecule has 0 spiro atoms. The predicted octanol–water partition coefficient (Wildman–Crippen LogP) is 1.82. The van der Waals surface area contributed by atoms with Gasteiger partial charge in [0.15, 0.2) is 0 Å². The lowest BCUT2D eigenvalue weighted by molar-refractivity contribution is -0.0520. The van der Waals surface area contributed by atoms with Gasteiger partial charge in [-0.2, -0.15) is 0 Å². The van der Waals surface area contributed by atoms with Crippen LogP contribution >= 0.6 is 0 Å². The van der Waals surface area contributed by atoms with E-state index >= 15 is 0 Å². The van der Waals surface area contributed by atoms with Crippen molar-refractivity contribution < 1.29 is 9.84 Å². The Morgan fingerprint density at radius 2 is 2.12 bits per heavy atom. The summed E-state index contributed by atoms with van der Waals surface area (Å²) in [5, 5.41) is 10.2. The van der Waals surface area contributed by atoms with Gasteiger partial charge in [-0.05, 0) is 39.0 Å². The topological polar surface area (TPSA) is 55.5 Å². The molecule has 16 heavy (non-hydrogen) atoms. The molecule has 2 fully saturated rings. The van der Waals surface area contributed by atoms with Gasteiger partial charge in [0.2, 0.25) is 0 Å². The standard InChI is InChI=1S/C13H25NO2/c1-10-5-6-11(16-10)8-13(9-14)7-3-2-4-12(13)15/h10-12,15H,2-9,14H2,1H3. The van der Waals surface area contributed by atoms with E-state index < -0.39 is 0 Å². The molecule has 0 radical (unpaired) electrons. The van der Waals surface area contributed by atoms with E-state index in [9.17, 15) is 5.11 Å². The van der Waals surface area contributed by atoms with E-state index in [0.29, 0.717) is 18.8 Å². The molecule has 0 aromatic rings. The summed E-state index contributed by atoms with van der Waals surface area (Å²) in [4.78, 5) is 0. The lowest BCUT2D eigenvalue weighted by Crippen LogP contribution is -2.46. The van der Waals surface area contributed by atoms with Crippen LogP contribution in [0.2, 0.25) is 0 Å². The monoisotopic (exact) mass is 227 g/mol. The highest BCUT2D eigenvalue weighted by Crippen LogP contribution is 2.42. The predicted molar refractivity (Wildman–Crippen MR) is 64.1 cm³/mol. The normalized spacial score (nSPS) is 44.8. The minimum absolute atomic E-state index is 0.0625. The Balaban J connectivity index is 1.97. The summed E-state index contributed by atoms with van der Waals surface area (Å²) in [5.74, 6) is 0. The zero-order chi connectivity index (χ0) is 11.6. The molecular formula is C13H25NO2. The Morgan fingerprint density at radius 1 is 1.31 bits per heavy atom. The molecule has 1 saturated heterocycles. The SMILES string of the molecule is CC1CCC(CC2(CN)CCCCC2O)O1. The fourth-order valence-electron chi connectivity index (χ4n) is 3.34. The smallest absolute Gasteiger partial charge is 0.0609 e. The molecule has 2 aliphatic rings. The molecule has 1 heterocycles. The van der Waals surface area contributed by atoms with Crippen molar-refractivity contribution >= 4 is 0 Å². The van der Waals surface area contributed by atoms with Crippen LogP contribution in [0.25, 0.3) is 0 Å². The number of nitrogens with two attached hydrogens (primary N) is 1. The van der Waals surface area contributed by atoms with Crippen molar-refractivity contribution in [1.29, 1.82) is 0 Å². The Kier molecular flexibility index (Phi) is 3.88. The fraction of sp³-hybridized carbons (Fsp3) is 1.00. The van der Waals surface area contributed by atoms with Crippen LogP contribution in [-0.4, -0.2) is 30.0 Å². The molecule has 3 N–H and O–H groups in total. The number of hydrogen-bond acceptors (Lipinski definition) is 3. The van der Waals surface area contributed by atoms with E-state index in [0.717, 1.165) is 38.5 Å². The lowest BCUT2D eigenvalue weighted by Gasteiger charge is -2.42. The molecule has 0 aromatic heterocycles. The average molecular weight is 227 g/mol. The summed E-state index contributed by atoms with van der Waals surface area (Å²) in [6.07, 6.45) is 8.07. The van der Waals surface area contributed by atoms with Crippen LogP contribution < -0.4 is 5.73 Å². The van der Waals surface area contributed by atoms with Crippen LogP contribution in [0.5, 0.6) is 0 Å². The molecule has 4 unspecified atom stereocenters. The Bertz CT molecular complexity index is 234. The summed E-state index contributed by atoms with van der Waals surface area (Å²) in [7, 11) is 0. The summed E-state index contributed by atoms with van der Waals surface area (Å²) in [5.41, 5.74) is 5.86. The van der Waals surface area contributed by atoms with E-state index in [-0.39, 0.29) is 11.5 Å². The van der Waals surface area contributed by atoms with Gasteiger partial charge in [0, 0.05) is 12.0 Å². The average Bonchev–Trinajstić information content (AvgIpc) is 2.67. The summed E-state index contributed by atoms with van der Waals surface area (Å²) >= 11 is 0. The molecule has 3 nitrogen and oxygen atoms in total. The second-order valence-electron chi connectivity index (χ2n) is 5.68. The van der Waals surface area contributed by atoms with Crippen LogP contribution in [-0.2, 0) is 4.74 Å². The maximum Gasteiger partial charge on any atom is 0.0609 e. The van der Waals surface area contributed by atoms with Gasteiger partial charge in [-0.1, -0.05) is 12.8 Å². The van der Waals surface area contributed by atoms with Crippen LogP contribution in [0.3, 0.4) is 0 Å². The Morgan fingerprint density at radius 3 is 2.69 bits per heavy atom. The molecule has 3 heteroatoms. The second-order valence-corrected chi connectivity index (χ2v) is 5.68. The number of hydrogen-bond donors (Lipinski definition) is 2. The maximum absolute atomic E-state index is 10.2. The quantitative estimate of drug-likeness (QED) is 0.773. The molecule has 0 bridgehead atoms. The van der Waals surface area contributed by atoms with E-state index in [4.69, 9.17) is 10.5 Å². The summed E-state index contributed by atoms with van der Waals surface area (Å²) in [6, 6.07) is 0. The van der Waals surface area contributed by atoms with Gasteiger partial charge in [0.1, 0.15) is 0 Å². The van der Waals surface area contributed by atoms with Gasteiger partial charge in [-0.3, -0.25) is 0 Å². The van der Waals surface area contributed by atoms with Crippen LogP contribution in [0.1, 0.15) is 51.9 Å². The van der Waals surface area contributed by atoms with Crippen molar-refractivity contribution in [2.75, 3.05) is 6.54 Å². The van der Waals surface area contributed by atoms with E-state index in [2.05, 4.69) is 6.92 Å². The summed E-state index contributed by atoms with van der Waals surface area (Å²) in [6.45, 7) is 2.73. The van der Waals surface area contributed by atoms with Gasteiger partial charge in [0.25, 0.3) is 0 Å². The number of aliphatic hydroxyl groups excluding tert-OH is 1. The third-order valence-electron chi connectivity index (χ3n) is 4.47. The summed E-state index contributed by atoms with van der Waals surface area (Å²) < 4.78 is 5.87. The van der Waals surface area contributed by atoms with E-state index in [1.807, 2.05) is 0 Å². The molecule has 1 aliphatic heterocycles.